The molecule has 3 nitrogen and oxygen atoms in total. The van der Waals surface area contributed by atoms with Crippen LogP contribution in [0.5, 0.6) is 11.5 Å². The van der Waals surface area contributed by atoms with Crippen molar-refractivity contribution in [1.82, 2.24) is 0 Å². The van der Waals surface area contributed by atoms with Crippen molar-refractivity contribution in [1.29, 1.82) is 5.26 Å². The fourth-order valence-corrected chi connectivity index (χ4v) is 1.74. The maximum atomic E-state index is 9.43. The maximum Gasteiger partial charge on any atom is 0.161 e. The lowest BCUT2D eigenvalue weighted by Crippen LogP contribution is -2.03. The van der Waals surface area contributed by atoms with Crippen LogP contribution in [-0.4, -0.2) is 11.2 Å². The van der Waals surface area contributed by atoms with Gasteiger partial charge in [0.25, 0.3) is 0 Å². The summed E-state index contributed by atoms with van der Waals surface area (Å²) in [5, 5.41) is 18.1. The number of ether oxygens (including phenoxy) is 1. The van der Waals surface area contributed by atoms with Crippen LogP contribution in [0.3, 0.4) is 0 Å². The average Bonchev–Trinajstić information content (AvgIpc) is 2.47. The third kappa shape index (κ3) is 3.71. The zero-order valence-corrected chi connectivity index (χ0v) is 11.2. The van der Waals surface area contributed by atoms with Gasteiger partial charge in [0.2, 0.25) is 0 Å². The zero-order valence-electron chi connectivity index (χ0n) is 11.2. The Kier molecular flexibility index (Phi) is 4.54. The Morgan fingerprint density at radius 1 is 1.15 bits per heavy atom. The van der Waals surface area contributed by atoms with Crippen LogP contribution in [0.25, 0.3) is 6.08 Å². The van der Waals surface area contributed by atoms with E-state index >= 15 is 0 Å². The third-order valence-corrected chi connectivity index (χ3v) is 2.78. The van der Waals surface area contributed by atoms with Gasteiger partial charge in [0.1, 0.15) is 11.5 Å². The topological polar surface area (TPSA) is 53.2 Å². The molecule has 1 N–H and O–H groups in total. The number of aliphatic hydroxyl groups is 1. The van der Waals surface area contributed by atoms with Gasteiger partial charge in [-0.3, -0.25) is 0 Å². The van der Waals surface area contributed by atoms with Gasteiger partial charge in [0.15, 0.2) is 6.10 Å². The summed E-state index contributed by atoms with van der Waals surface area (Å²) in [6.45, 7) is 1.72. The largest absolute Gasteiger partial charge is 0.457 e. The van der Waals surface area contributed by atoms with Crippen molar-refractivity contribution in [3.05, 3.63) is 65.7 Å². The monoisotopic (exact) mass is 265 g/mol. The van der Waals surface area contributed by atoms with Crippen molar-refractivity contribution in [2.45, 2.75) is 13.0 Å². The highest BCUT2D eigenvalue weighted by molar-refractivity contribution is 5.56. The second-order valence-corrected chi connectivity index (χ2v) is 4.41. The van der Waals surface area contributed by atoms with Crippen molar-refractivity contribution in [3.63, 3.8) is 0 Å². The molecule has 0 spiro atoms. The van der Waals surface area contributed by atoms with E-state index in [4.69, 9.17) is 10.00 Å². The van der Waals surface area contributed by atoms with E-state index in [0.717, 1.165) is 11.3 Å². The van der Waals surface area contributed by atoms with E-state index < -0.39 is 6.10 Å². The van der Waals surface area contributed by atoms with Gasteiger partial charge in [-0.1, -0.05) is 36.4 Å². The molecule has 20 heavy (non-hydrogen) atoms. The van der Waals surface area contributed by atoms with Crippen molar-refractivity contribution in [3.8, 4) is 17.6 Å². The molecule has 100 valence electrons. The predicted molar refractivity (Wildman–Crippen MR) is 78.2 cm³/mol. The molecule has 2 aromatic rings. The molecule has 0 fully saturated rings. The van der Waals surface area contributed by atoms with Crippen LogP contribution in [0.2, 0.25) is 0 Å². The van der Waals surface area contributed by atoms with Gasteiger partial charge in [0, 0.05) is 0 Å². The van der Waals surface area contributed by atoms with Gasteiger partial charge >= 0.3 is 0 Å². The Morgan fingerprint density at radius 3 is 2.55 bits per heavy atom. The van der Waals surface area contributed by atoms with Crippen LogP contribution in [-0.2, 0) is 0 Å². The van der Waals surface area contributed by atoms with Gasteiger partial charge in [-0.25, -0.2) is 0 Å². The minimum absolute atomic E-state index is 0.601. The van der Waals surface area contributed by atoms with E-state index in [1.165, 1.54) is 0 Å². The van der Waals surface area contributed by atoms with Crippen molar-refractivity contribution < 1.29 is 9.84 Å². The Bertz CT molecular complexity index is 642. The molecule has 0 saturated heterocycles. The summed E-state index contributed by atoms with van der Waals surface area (Å²) in [7, 11) is 0. The van der Waals surface area contributed by atoms with Crippen molar-refractivity contribution >= 4 is 6.08 Å². The van der Waals surface area contributed by atoms with Gasteiger partial charge < -0.3 is 9.84 Å². The molecule has 3 heteroatoms. The first-order valence-corrected chi connectivity index (χ1v) is 6.28. The summed E-state index contributed by atoms with van der Waals surface area (Å²) < 4.78 is 5.73. The molecule has 0 saturated carbocycles. The lowest BCUT2D eigenvalue weighted by atomic mass is 10.1. The van der Waals surface area contributed by atoms with Gasteiger partial charge in [-0.15, -0.1) is 0 Å². The highest BCUT2D eigenvalue weighted by Crippen LogP contribution is 2.23. The summed E-state index contributed by atoms with van der Waals surface area (Å²) in [5.74, 6) is 1.48. The summed E-state index contributed by atoms with van der Waals surface area (Å²) in [4.78, 5) is 0. The Morgan fingerprint density at radius 2 is 1.85 bits per heavy atom. The molecule has 0 heterocycles. The average molecular weight is 265 g/mol. The number of nitriles is 1. The van der Waals surface area contributed by atoms with Crippen LogP contribution in [0, 0.1) is 11.3 Å². The summed E-state index contributed by atoms with van der Waals surface area (Å²) in [6.07, 6.45) is 0.694. The maximum absolute atomic E-state index is 9.43. The van der Waals surface area contributed by atoms with E-state index in [2.05, 4.69) is 0 Å². The number of hydrogen-bond acceptors (Lipinski definition) is 3. The van der Waals surface area contributed by atoms with E-state index in [9.17, 15) is 5.11 Å². The molecule has 0 aliphatic rings. The summed E-state index contributed by atoms with van der Waals surface area (Å²) in [5.41, 5.74) is 1.48. The molecule has 0 aliphatic carbocycles. The second-order valence-electron chi connectivity index (χ2n) is 4.41. The van der Waals surface area contributed by atoms with Crippen LogP contribution in [0.4, 0.5) is 0 Å². The molecular formula is C17H15NO2. The summed E-state index contributed by atoms with van der Waals surface area (Å²) in [6, 6.07) is 18.8. The van der Waals surface area contributed by atoms with Crippen LogP contribution in [0.15, 0.2) is 60.2 Å². The first-order chi connectivity index (χ1) is 9.69. The van der Waals surface area contributed by atoms with Crippen LogP contribution >= 0.6 is 0 Å². The summed E-state index contributed by atoms with van der Waals surface area (Å²) >= 11 is 0. The number of benzene rings is 2. The van der Waals surface area contributed by atoms with E-state index in [1.807, 2.05) is 54.6 Å². The molecule has 0 aromatic heterocycles. The lowest BCUT2D eigenvalue weighted by Gasteiger charge is -2.07. The number of rotatable bonds is 4. The Labute approximate surface area is 118 Å². The highest BCUT2D eigenvalue weighted by atomic mass is 16.5. The van der Waals surface area contributed by atoms with E-state index in [-0.39, 0.29) is 0 Å². The fourth-order valence-electron chi connectivity index (χ4n) is 1.74. The van der Waals surface area contributed by atoms with E-state index in [0.29, 0.717) is 11.3 Å². The Hall–Kier alpha value is -2.57. The first-order valence-electron chi connectivity index (χ1n) is 6.28. The predicted octanol–water partition coefficient (Wildman–Crippen LogP) is 3.77. The second kappa shape index (κ2) is 6.55. The molecule has 0 radical (unpaired) electrons. The minimum Gasteiger partial charge on any atom is -0.457 e. The first kappa shape index (κ1) is 13.9. The molecule has 2 aromatic carbocycles. The molecule has 0 aliphatic heterocycles. The molecule has 0 bridgehead atoms. The molecule has 1 atom stereocenters. The number of para-hydroxylation sites is 1. The van der Waals surface area contributed by atoms with Crippen LogP contribution in [0.1, 0.15) is 12.5 Å². The smallest absolute Gasteiger partial charge is 0.161 e. The highest BCUT2D eigenvalue weighted by Gasteiger charge is 2.04. The normalized spacial score (nSPS) is 12.6. The molecule has 1 unspecified atom stereocenters. The third-order valence-electron chi connectivity index (χ3n) is 2.78. The van der Waals surface area contributed by atoms with Crippen molar-refractivity contribution in [2.24, 2.45) is 0 Å². The van der Waals surface area contributed by atoms with E-state index in [1.54, 1.807) is 19.1 Å². The van der Waals surface area contributed by atoms with Gasteiger partial charge in [-0.2, -0.15) is 5.26 Å². The van der Waals surface area contributed by atoms with Gasteiger partial charge in [0.05, 0.1) is 6.07 Å². The number of aliphatic hydroxyl groups excluding tert-OH is 1. The van der Waals surface area contributed by atoms with Crippen molar-refractivity contribution in [2.75, 3.05) is 0 Å². The Balaban J connectivity index is 2.19. The minimum atomic E-state index is -1.08. The quantitative estimate of drug-likeness (QED) is 0.856. The zero-order chi connectivity index (χ0) is 14.4. The molecular weight excluding hydrogens is 250 g/mol. The van der Waals surface area contributed by atoms with Gasteiger partial charge in [-0.05, 0) is 42.3 Å². The molecule has 2 rings (SSSR count). The number of hydrogen-bond donors (Lipinski definition) is 1. The van der Waals surface area contributed by atoms with Crippen LogP contribution < -0.4 is 4.74 Å². The number of nitrogens with zero attached hydrogens (tertiary/aromatic N) is 1. The lowest BCUT2D eigenvalue weighted by molar-refractivity contribution is 0.267. The standard InChI is InChI=1S/C17H15NO2/c1-13(17(19)12-18)10-14-6-5-9-16(11-14)20-15-7-3-2-4-8-15/h2-11,17,19H,1H3. The fraction of sp³-hybridized carbons (Fsp3) is 0.118. The molecule has 0 amide bonds. The SMILES string of the molecule is CC(=Cc1cccc(Oc2ccccc2)c1)C(O)C#N.